The molecule has 1 fully saturated rings. The minimum Gasteiger partial charge on any atom is -0.351 e. The number of hydrazine groups is 1. The highest BCUT2D eigenvalue weighted by molar-refractivity contribution is 5.42. The number of rotatable bonds is 4. The Labute approximate surface area is 114 Å². The lowest BCUT2D eigenvalue weighted by Crippen LogP contribution is -2.27. The number of aromatic nitrogens is 3. The Morgan fingerprint density at radius 2 is 1.68 bits per heavy atom. The number of hydrogen-bond donors (Lipinski definition) is 3. The molecule has 1 saturated carbocycles. The normalized spacial score (nSPS) is 22.9. The maximum atomic E-state index is 5.39. The summed E-state index contributed by atoms with van der Waals surface area (Å²) in [7, 11) is 3.78. The van der Waals surface area contributed by atoms with Crippen LogP contribution < -0.4 is 21.5 Å². The molecule has 0 bridgehead atoms. The lowest BCUT2D eigenvalue weighted by molar-refractivity contribution is 0.360. The predicted octanol–water partition coefficient (Wildman–Crippen LogP) is 1.21. The summed E-state index contributed by atoms with van der Waals surface area (Å²) in [5, 5.41) is 3.39. The monoisotopic (exact) mass is 265 g/mol. The van der Waals surface area contributed by atoms with Crippen LogP contribution in [0.2, 0.25) is 0 Å². The third kappa shape index (κ3) is 3.66. The average Bonchev–Trinajstić information content (AvgIpc) is 2.41. The van der Waals surface area contributed by atoms with Crippen LogP contribution in [0.25, 0.3) is 0 Å². The van der Waals surface area contributed by atoms with E-state index in [1.54, 1.807) is 0 Å². The van der Waals surface area contributed by atoms with Crippen LogP contribution in [0.3, 0.4) is 0 Å². The van der Waals surface area contributed by atoms with E-state index in [0.717, 1.165) is 18.8 Å². The summed E-state index contributed by atoms with van der Waals surface area (Å²) < 4.78 is 0. The van der Waals surface area contributed by atoms with E-state index in [1.165, 1.54) is 12.8 Å². The van der Waals surface area contributed by atoms with Crippen molar-refractivity contribution in [1.29, 1.82) is 0 Å². The first kappa shape index (κ1) is 13.8. The Kier molecular flexibility index (Phi) is 4.36. The summed E-state index contributed by atoms with van der Waals surface area (Å²) in [5.74, 6) is 7.78. The van der Waals surface area contributed by atoms with E-state index in [4.69, 9.17) is 5.84 Å². The highest BCUT2D eigenvalue weighted by Gasteiger charge is 2.19. The molecule has 0 unspecified atom stereocenters. The van der Waals surface area contributed by atoms with E-state index < -0.39 is 0 Å². The van der Waals surface area contributed by atoms with E-state index >= 15 is 0 Å². The van der Waals surface area contributed by atoms with E-state index in [1.807, 2.05) is 19.0 Å². The molecule has 7 nitrogen and oxygen atoms in total. The van der Waals surface area contributed by atoms with Gasteiger partial charge in [-0.2, -0.15) is 15.0 Å². The maximum absolute atomic E-state index is 5.39. The first-order valence-corrected chi connectivity index (χ1v) is 6.75. The smallest absolute Gasteiger partial charge is 0.243 e. The van der Waals surface area contributed by atoms with Crippen molar-refractivity contribution in [3.63, 3.8) is 0 Å². The van der Waals surface area contributed by atoms with Crippen molar-refractivity contribution >= 4 is 17.8 Å². The number of hydrogen-bond acceptors (Lipinski definition) is 7. The molecule has 0 amide bonds. The van der Waals surface area contributed by atoms with Crippen LogP contribution in [-0.4, -0.2) is 35.1 Å². The van der Waals surface area contributed by atoms with E-state index in [-0.39, 0.29) is 0 Å². The molecule has 1 aromatic rings. The quantitative estimate of drug-likeness (QED) is 0.556. The van der Waals surface area contributed by atoms with Crippen molar-refractivity contribution in [2.45, 2.75) is 38.6 Å². The Morgan fingerprint density at radius 1 is 1.05 bits per heavy atom. The Bertz CT molecular complexity index is 413. The zero-order valence-corrected chi connectivity index (χ0v) is 11.8. The van der Waals surface area contributed by atoms with Gasteiger partial charge in [0.1, 0.15) is 0 Å². The second kappa shape index (κ2) is 6.01. The molecule has 106 valence electrons. The number of nitrogens with one attached hydrogen (secondary N) is 2. The van der Waals surface area contributed by atoms with Crippen molar-refractivity contribution in [1.82, 2.24) is 15.0 Å². The molecule has 0 spiro atoms. The van der Waals surface area contributed by atoms with Gasteiger partial charge in [0.25, 0.3) is 0 Å². The SMILES string of the molecule is CC1CCC(Nc2nc(NN)nc(N(C)C)n2)CC1. The fourth-order valence-electron chi connectivity index (χ4n) is 2.28. The van der Waals surface area contributed by atoms with Gasteiger partial charge in [-0.3, -0.25) is 5.43 Å². The standard InChI is InChI=1S/C12H23N7/c1-8-4-6-9(7-5-8)14-10-15-11(18-13)17-12(16-10)19(2)3/h8-9H,4-7,13H2,1-3H3,(H2,14,15,16,17,18). The molecule has 1 aliphatic rings. The molecule has 1 aromatic heterocycles. The largest absolute Gasteiger partial charge is 0.351 e. The molecule has 0 aliphatic heterocycles. The van der Waals surface area contributed by atoms with Gasteiger partial charge in [0.15, 0.2) is 0 Å². The van der Waals surface area contributed by atoms with Gasteiger partial charge < -0.3 is 10.2 Å². The number of anilines is 3. The fourth-order valence-corrected chi connectivity index (χ4v) is 2.28. The van der Waals surface area contributed by atoms with Gasteiger partial charge >= 0.3 is 0 Å². The molecule has 0 radical (unpaired) electrons. The minimum absolute atomic E-state index is 0.380. The molecule has 19 heavy (non-hydrogen) atoms. The topological polar surface area (TPSA) is 92.0 Å². The van der Waals surface area contributed by atoms with Gasteiger partial charge in [-0.05, 0) is 31.6 Å². The van der Waals surface area contributed by atoms with Crippen molar-refractivity contribution in [3.05, 3.63) is 0 Å². The lowest BCUT2D eigenvalue weighted by atomic mass is 9.87. The van der Waals surface area contributed by atoms with Gasteiger partial charge in [0.05, 0.1) is 0 Å². The van der Waals surface area contributed by atoms with Crippen molar-refractivity contribution < 1.29 is 0 Å². The first-order valence-electron chi connectivity index (χ1n) is 6.75. The van der Waals surface area contributed by atoms with E-state index in [2.05, 4.69) is 32.6 Å². The van der Waals surface area contributed by atoms with Crippen molar-refractivity contribution in [2.75, 3.05) is 29.7 Å². The summed E-state index contributed by atoms with van der Waals surface area (Å²) in [6, 6.07) is 0.444. The summed E-state index contributed by atoms with van der Waals surface area (Å²) in [4.78, 5) is 14.7. The first-order chi connectivity index (χ1) is 9.08. The van der Waals surface area contributed by atoms with E-state index in [9.17, 15) is 0 Å². The van der Waals surface area contributed by atoms with Gasteiger partial charge in [-0.15, -0.1) is 0 Å². The summed E-state index contributed by atoms with van der Waals surface area (Å²) in [6.07, 6.45) is 4.83. The third-order valence-corrected chi connectivity index (χ3v) is 3.50. The predicted molar refractivity (Wildman–Crippen MR) is 77.0 cm³/mol. The van der Waals surface area contributed by atoms with Crippen LogP contribution in [0.4, 0.5) is 17.8 Å². The van der Waals surface area contributed by atoms with Crippen LogP contribution in [0.1, 0.15) is 32.6 Å². The number of nitrogen functional groups attached to an aromatic ring is 1. The van der Waals surface area contributed by atoms with Crippen LogP contribution in [0, 0.1) is 5.92 Å². The Balaban J connectivity index is 2.08. The van der Waals surface area contributed by atoms with Crippen molar-refractivity contribution in [2.24, 2.45) is 11.8 Å². The highest BCUT2D eigenvalue weighted by Crippen LogP contribution is 2.25. The van der Waals surface area contributed by atoms with Crippen LogP contribution in [-0.2, 0) is 0 Å². The van der Waals surface area contributed by atoms with E-state index in [0.29, 0.717) is 23.9 Å². The molecular formula is C12H23N7. The zero-order valence-electron chi connectivity index (χ0n) is 11.8. The Hall–Kier alpha value is -1.63. The lowest BCUT2D eigenvalue weighted by Gasteiger charge is -2.27. The maximum Gasteiger partial charge on any atom is 0.243 e. The molecule has 1 aliphatic carbocycles. The van der Waals surface area contributed by atoms with Gasteiger partial charge in [-0.1, -0.05) is 6.92 Å². The molecule has 0 aromatic carbocycles. The molecule has 0 atom stereocenters. The molecule has 2 rings (SSSR count). The van der Waals surface area contributed by atoms with Gasteiger partial charge in [0, 0.05) is 20.1 Å². The van der Waals surface area contributed by atoms with Gasteiger partial charge in [-0.25, -0.2) is 5.84 Å². The van der Waals surface area contributed by atoms with Crippen LogP contribution in [0.15, 0.2) is 0 Å². The molecule has 0 saturated heterocycles. The molecule has 1 heterocycles. The Morgan fingerprint density at radius 3 is 2.26 bits per heavy atom. The zero-order chi connectivity index (χ0) is 13.8. The van der Waals surface area contributed by atoms with Crippen molar-refractivity contribution in [3.8, 4) is 0 Å². The second-order valence-electron chi connectivity index (χ2n) is 5.42. The molecular weight excluding hydrogens is 242 g/mol. The number of nitrogens with zero attached hydrogens (tertiary/aromatic N) is 4. The summed E-state index contributed by atoms with van der Waals surface area (Å²) in [6.45, 7) is 2.31. The molecule has 4 N–H and O–H groups in total. The molecule has 7 heteroatoms. The highest BCUT2D eigenvalue weighted by atomic mass is 15.4. The number of nitrogens with two attached hydrogens (primary N) is 1. The van der Waals surface area contributed by atoms with Crippen LogP contribution >= 0.6 is 0 Å². The summed E-state index contributed by atoms with van der Waals surface area (Å²) >= 11 is 0. The summed E-state index contributed by atoms with van der Waals surface area (Å²) in [5.41, 5.74) is 2.48. The average molecular weight is 265 g/mol. The van der Waals surface area contributed by atoms with Crippen LogP contribution in [0.5, 0.6) is 0 Å². The fraction of sp³-hybridized carbons (Fsp3) is 0.750. The second-order valence-corrected chi connectivity index (χ2v) is 5.42. The van der Waals surface area contributed by atoms with Gasteiger partial charge in [0.2, 0.25) is 17.8 Å². The third-order valence-electron chi connectivity index (χ3n) is 3.50. The minimum atomic E-state index is 0.380.